The summed E-state index contributed by atoms with van der Waals surface area (Å²) >= 11 is 3.22. The molecule has 0 fully saturated rings. The molecule has 0 bridgehead atoms. The number of rotatable bonds is 6. The summed E-state index contributed by atoms with van der Waals surface area (Å²) < 4.78 is 0. The average Bonchev–Trinajstić information content (AvgIpc) is 2.99. The van der Waals surface area contributed by atoms with Crippen molar-refractivity contribution in [2.75, 3.05) is 24.2 Å². The maximum Gasteiger partial charge on any atom is 0.256 e. The molecule has 4 N–H and O–H groups in total. The Kier molecular flexibility index (Phi) is 6.01. The highest BCUT2D eigenvalue weighted by Gasteiger charge is 2.29. The first-order valence-corrected chi connectivity index (χ1v) is 10.7. The van der Waals surface area contributed by atoms with Gasteiger partial charge in [0.2, 0.25) is 0 Å². The third kappa shape index (κ3) is 3.95. The highest BCUT2D eigenvalue weighted by atomic mass is 32.2. The number of amides is 2. The summed E-state index contributed by atoms with van der Waals surface area (Å²) in [5, 5.41) is 3.49. The van der Waals surface area contributed by atoms with Crippen LogP contribution in [0.3, 0.4) is 0 Å². The molecule has 1 aliphatic heterocycles. The fourth-order valence-electron chi connectivity index (χ4n) is 3.23. The van der Waals surface area contributed by atoms with Crippen LogP contribution in [0.25, 0.3) is 0 Å². The van der Waals surface area contributed by atoms with E-state index in [4.69, 9.17) is 5.73 Å². The maximum atomic E-state index is 12.6. The second-order valence-corrected chi connectivity index (χ2v) is 8.71. The first-order valence-electron chi connectivity index (χ1n) is 8.85. The number of benzene rings is 1. The van der Waals surface area contributed by atoms with Gasteiger partial charge in [0.1, 0.15) is 11.5 Å². The normalized spacial score (nSPS) is 16.2. The zero-order valence-corrected chi connectivity index (χ0v) is 16.7. The minimum atomic E-state index is -0.465. The Morgan fingerprint density at radius 3 is 2.62 bits per heavy atom. The standard InChI is InChI=1S/C19H23N3O2S2/c1-3-22-10-9-14-15(11-22)26-19(16(14)17(20)23)21-18(24)12-5-7-13(8-6-12)25-4-2/h5-8H,3-4,9-11H2,1-2H3,(H2,20,23)(H,21,24)/p+1. The number of thioether (sulfide) groups is 1. The number of carbonyl (C=O) groups excluding carboxylic acids is 2. The summed E-state index contributed by atoms with van der Waals surface area (Å²) in [5.41, 5.74) is 7.71. The molecule has 0 radical (unpaired) electrons. The van der Waals surface area contributed by atoms with Gasteiger partial charge in [-0.2, -0.15) is 0 Å². The van der Waals surface area contributed by atoms with E-state index in [-0.39, 0.29) is 5.91 Å². The van der Waals surface area contributed by atoms with E-state index >= 15 is 0 Å². The lowest BCUT2D eigenvalue weighted by atomic mass is 10.0. The van der Waals surface area contributed by atoms with Crippen LogP contribution < -0.4 is 16.0 Å². The molecule has 2 aromatic rings. The van der Waals surface area contributed by atoms with Crippen molar-refractivity contribution < 1.29 is 14.5 Å². The second kappa shape index (κ2) is 8.24. The molecule has 1 atom stereocenters. The molecular weight excluding hydrogens is 366 g/mol. The van der Waals surface area contributed by atoms with Gasteiger partial charge in [-0.3, -0.25) is 9.59 Å². The van der Waals surface area contributed by atoms with Crippen LogP contribution in [0, 0.1) is 0 Å². The smallest absolute Gasteiger partial charge is 0.256 e. The molecule has 0 aliphatic carbocycles. The number of hydrogen-bond acceptors (Lipinski definition) is 4. The molecule has 1 aliphatic rings. The molecule has 0 saturated heterocycles. The van der Waals surface area contributed by atoms with Gasteiger partial charge in [-0.25, -0.2) is 0 Å². The van der Waals surface area contributed by atoms with Crippen LogP contribution >= 0.6 is 23.1 Å². The van der Waals surface area contributed by atoms with Gasteiger partial charge in [-0.1, -0.05) is 6.92 Å². The zero-order chi connectivity index (χ0) is 18.7. The molecule has 0 saturated carbocycles. The Morgan fingerprint density at radius 2 is 2.00 bits per heavy atom. The first kappa shape index (κ1) is 18.9. The number of carbonyl (C=O) groups is 2. The largest absolute Gasteiger partial charge is 0.365 e. The van der Waals surface area contributed by atoms with Crippen LogP contribution in [0.2, 0.25) is 0 Å². The number of primary amides is 1. The van der Waals surface area contributed by atoms with E-state index in [0.29, 0.717) is 16.1 Å². The lowest BCUT2D eigenvalue weighted by Crippen LogP contribution is -3.11. The number of anilines is 1. The number of quaternary nitrogens is 1. The number of likely N-dealkylation sites (N-methyl/N-ethyl adjacent to an activating group) is 1. The number of fused-ring (bicyclic) bond motifs is 1. The zero-order valence-electron chi connectivity index (χ0n) is 15.1. The van der Waals surface area contributed by atoms with Crippen molar-refractivity contribution >= 4 is 39.9 Å². The molecule has 1 aromatic carbocycles. The molecule has 1 aromatic heterocycles. The van der Waals surface area contributed by atoms with E-state index in [1.807, 2.05) is 24.3 Å². The van der Waals surface area contributed by atoms with Gasteiger partial charge in [0.25, 0.3) is 11.8 Å². The van der Waals surface area contributed by atoms with Gasteiger partial charge in [-0.05, 0) is 42.5 Å². The summed E-state index contributed by atoms with van der Waals surface area (Å²) in [6.45, 7) is 7.18. The molecule has 26 heavy (non-hydrogen) atoms. The van der Waals surface area contributed by atoms with Crippen LogP contribution in [0.15, 0.2) is 29.2 Å². The van der Waals surface area contributed by atoms with Gasteiger partial charge in [0, 0.05) is 16.9 Å². The molecule has 7 heteroatoms. The Labute approximate surface area is 162 Å². The highest BCUT2D eigenvalue weighted by molar-refractivity contribution is 7.99. The lowest BCUT2D eigenvalue weighted by Gasteiger charge is -2.22. The Hall–Kier alpha value is -1.83. The van der Waals surface area contributed by atoms with Crippen LogP contribution in [0.4, 0.5) is 5.00 Å². The van der Waals surface area contributed by atoms with Gasteiger partial charge < -0.3 is 16.0 Å². The van der Waals surface area contributed by atoms with Crippen molar-refractivity contribution in [2.45, 2.75) is 31.7 Å². The van der Waals surface area contributed by atoms with Gasteiger partial charge in [0.05, 0.1) is 23.5 Å². The van der Waals surface area contributed by atoms with Crippen LogP contribution in [0.5, 0.6) is 0 Å². The molecule has 0 spiro atoms. The van der Waals surface area contributed by atoms with E-state index in [1.165, 1.54) is 16.2 Å². The van der Waals surface area contributed by atoms with Crippen LogP contribution in [-0.4, -0.2) is 30.7 Å². The van der Waals surface area contributed by atoms with E-state index in [9.17, 15) is 9.59 Å². The molecule has 1 unspecified atom stereocenters. The van der Waals surface area contributed by atoms with Crippen LogP contribution in [-0.2, 0) is 13.0 Å². The molecule has 3 rings (SSSR count). The van der Waals surface area contributed by atoms with E-state index in [1.54, 1.807) is 11.8 Å². The summed E-state index contributed by atoms with van der Waals surface area (Å²) in [6.07, 6.45) is 0.825. The monoisotopic (exact) mass is 390 g/mol. The molecule has 2 heterocycles. The number of hydrogen-bond donors (Lipinski definition) is 3. The topological polar surface area (TPSA) is 76.6 Å². The SMILES string of the molecule is CCSc1ccc(C(=O)Nc2sc3c(c2C(N)=O)CC[NH+](CC)C3)cc1. The first-order chi connectivity index (χ1) is 12.5. The Balaban J connectivity index is 1.84. The maximum absolute atomic E-state index is 12.6. The number of nitrogens with one attached hydrogen (secondary N) is 2. The van der Waals surface area contributed by atoms with Crippen molar-refractivity contribution in [3.05, 3.63) is 45.8 Å². The third-order valence-corrected chi connectivity index (χ3v) is 6.67. The van der Waals surface area contributed by atoms with Crippen molar-refractivity contribution in [1.82, 2.24) is 0 Å². The van der Waals surface area contributed by atoms with E-state index < -0.39 is 5.91 Å². The molecule has 138 valence electrons. The summed E-state index contributed by atoms with van der Waals surface area (Å²) in [4.78, 5) is 28.4. The minimum Gasteiger partial charge on any atom is -0.365 e. The Bertz CT molecular complexity index is 815. The lowest BCUT2D eigenvalue weighted by molar-refractivity contribution is -0.913. The molecule has 2 amide bonds. The predicted molar refractivity (Wildman–Crippen MR) is 107 cm³/mol. The summed E-state index contributed by atoms with van der Waals surface area (Å²) in [5.74, 6) is 0.316. The minimum absolute atomic E-state index is 0.209. The second-order valence-electron chi connectivity index (χ2n) is 6.26. The predicted octanol–water partition coefficient (Wildman–Crippen LogP) is 2.17. The highest BCUT2D eigenvalue weighted by Crippen LogP contribution is 2.34. The average molecular weight is 391 g/mol. The van der Waals surface area contributed by atoms with Crippen molar-refractivity contribution in [3.8, 4) is 0 Å². The van der Waals surface area contributed by atoms with Crippen molar-refractivity contribution in [3.63, 3.8) is 0 Å². The fourth-order valence-corrected chi connectivity index (χ4v) is 5.21. The quantitative estimate of drug-likeness (QED) is 0.662. The van der Waals surface area contributed by atoms with Crippen molar-refractivity contribution in [1.29, 1.82) is 0 Å². The van der Waals surface area contributed by atoms with Crippen LogP contribution in [0.1, 0.15) is 45.0 Å². The fraction of sp³-hybridized carbons (Fsp3) is 0.368. The third-order valence-electron chi connectivity index (χ3n) is 4.63. The van der Waals surface area contributed by atoms with Gasteiger partial charge in [-0.15, -0.1) is 23.1 Å². The van der Waals surface area contributed by atoms with Gasteiger partial charge in [0.15, 0.2) is 0 Å². The van der Waals surface area contributed by atoms with Crippen molar-refractivity contribution in [2.24, 2.45) is 5.73 Å². The Morgan fingerprint density at radius 1 is 1.27 bits per heavy atom. The van der Waals surface area contributed by atoms with E-state index in [0.717, 1.165) is 47.1 Å². The summed E-state index contributed by atoms with van der Waals surface area (Å²) in [6, 6.07) is 7.52. The van der Waals surface area contributed by atoms with Gasteiger partial charge >= 0.3 is 0 Å². The number of thiophene rings is 1. The summed E-state index contributed by atoms with van der Waals surface area (Å²) in [7, 11) is 0. The molecule has 5 nitrogen and oxygen atoms in total. The molecular formula is C19H24N3O2S2+. The number of nitrogens with two attached hydrogens (primary N) is 1. The van der Waals surface area contributed by atoms with E-state index in [2.05, 4.69) is 19.2 Å².